The minimum Gasteiger partial charge on any atom is -0.350 e. The van der Waals surface area contributed by atoms with Crippen molar-refractivity contribution in [2.24, 2.45) is 0 Å². The van der Waals surface area contributed by atoms with E-state index >= 15 is 0 Å². The van der Waals surface area contributed by atoms with Crippen molar-refractivity contribution in [2.75, 3.05) is 18.4 Å². The number of aromatic nitrogens is 2. The van der Waals surface area contributed by atoms with Crippen molar-refractivity contribution in [3.63, 3.8) is 0 Å². The SMILES string of the molecule is Cl.FC(F)(F)c1cnc(N[C@@H]2CCNC2)nc1. The molecule has 1 aromatic heterocycles. The lowest BCUT2D eigenvalue weighted by atomic mass is 10.3. The molecule has 1 aromatic rings. The molecule has 0 bridgehead atoms. The Balaban J connectivity index is 0.00000144. The van der Waals surface area contributed by atoms with Gasteiger partial charge in [-0.1, -0.05) is 0 Å². The van der Waals surface area contributed by atoms with Crippen molar-refractivity contribution in [3.8, 4) is 0 Å². The van der Waals surface area contributed by atoms with Crippen LogP contribution in [0.5, 0.6) is 0 Å². The topological polar surface area (TPSA) is 49.8 Å². The lowest BCUT2D eigenvalue weighted by Crippen LogP contribution is -2.23. The summed E-state index contributed by atoms with van der Waals surface area (Å²) in [5, 5.41) is 6.10. The zero-order chi connectivity index (χ0) is 11.6. The van der Waals surface area contributed by atoms with Gasteiger partial charge in [0.2, 0.25) is 5.95 Å². The van der Waals surface area contributed by atoms with Gasteiger partial charge in [-0.3, -0.25) is 0 Å². The third-order valence-corrected chi connectivity index (χ3v) is 2.37. The number of hydrogen-bond donors (Lipinski definition) is 2. The third-order valence-electron chi connectivity index (χ3n) is 2.37. The van der Waals surface area contributed by atoms with Crippen LogP contribution in [-0.4, -0.2) is 29.1 Å². The highest BCUT2D eigenvalue weighted by Gasteiger charge is 2.31. The van der Waals surface area contributed by atoms with Crippen molar-refractivity contribution >= 4 is 18.4 Å². The molecular weight excluding hydrogens is 257 g/mol. The van der Waals surface area contributed by atoms with Gasteiger partial charge < -0.3 is 10.6 Å². The van der Waals surface area contributed by atoms with Crippen LogP contribution in [0.4, 0.5) is 19.1 Å². The van der Waals surface area contributed by atoms with Gasteiger partial charge >= 0.3 is 6.18 Å². The van der Waals surface area contributed by atoms with E-state index in [0.717, 1.165) is 31.9 Å². The molecule has 1 aliphatic rings. The summed E-state index contributed by atoms with van der Waals surface area (Å²) in [7, 11) is 0. The molecule has 8 heteroatoms. The summed E-state index contributed by atoms with van der Waals surface area (Å²) >= 11 is 0. The second-order valence-electron chi connectivity index (χ2n) is 3.63. The molecule has 0 unspecified atom stereocenters. The van der Waals surface area contributed by atoms with E-state index < -0.39 is 11.7 Å². The van der Waals surface area contributed by atoms with Crippen LogP contribution in [0.15, 0.2) is 12.4 Å². The zero-order valence-corrected chi connectivity index (χ0v) is 9.61. The Morgan fingerprint density at radius 1 is 1.29 bits per heavy atom. The van der Waals surface area contributed by atoms with Gasteiger partial charge in [-0.15, -0.1) is 12.4 Å². The summed E-state index contributed by atoms with van der Waals surface area (Å²) < 4.78 is 36.6. The van der Waals surface area contributed by atoms with Gasteiger partial charge in [-0.25, -0.2) is 9.97 Å². The smallest absolute Gasteiger partial charge is 0.350 e. The zero-order valence-electron chi connectivity index (χ0n) is 8.79. The third kappa shape index (κ3) is 3.71. The van der Waals surface area contributed by atoms with Crippen LogP contribution in [0.25, 0.3) is 0 Å². The maximum absolute atomic E-state index is 12.2. The molecule has 0 aliphatic carbocycles. The molecule has 17 heavy (non-hydrogen) atoms. The predicted octanol–water partition coefficient (Wildman–Crippen LogP) is 1.69. The van der Waals surface area contributed by atoms with Gasteiger partial charge in [-0.05, 0) is 13.0 Å². The Labute approximate surface area is 102 Å². The van der Waals surface area contributed by atoms with Crippen LogP contribution < -0.4 is 10.6 Å². The summed E-state index contributed by atoms with van der Waals surface area (Å²) in [6.07, 6.45) is -1.88. The molecule has 0 aromatic carbocycles. The molecule has 4 nitrogen and oxygen atoms in total. The van der Waals surface area contributed by atoms with Gasteiger partial charge in [-0.2, -0.15) is 13.2 Å². The normalized spacial score (nSPS) is 19.8. The Morgan fingerprint density at radius 2 is 1.94 bits per heavy atom. The maximum atomic E-state index is 12.2. The first kappa shape index (κ1) is 14.0. The summed E-state index contributed by atoms with van der Waals surface area (Å²) in [6, 6.07) is 0.191. The predicted molar refractivity (Wildman–Crippen MR) is 59.2 cm³/mol. The Morgan fingerprint density at radius 3 is 2.41 bits per heavy atom. The van der Waals surface area contributed by atoms with E-state index in [1.54, 1.807) is 0 Å². The molecule has 1 saturated heterocycles. The van der Waals surface area contributed by atoms with Gasteiger partial charge in [0, 0.05) is 25.0 Å². The highest BCUT2D eigenvalue weighted by Crippen LogP contribution is 2.28. The molecule has 0 saturated carbocycles. The van der Waals surface area contributed by atoms with Gasteiger partial charge in [0.25, 0.3) is 0 Å². The van der Waals surface area contributed by atoms with Gasteiger partial charge in [0.15, 0.2) is 0 Å². The van der Waals surface area contributed by atoms with Crippen molar-refractivity contribution < 1.29 is 13.2 Å². The standard InChI is InChI=1S/C9H11F3N4.ClH/c10-9(11,12)6-3-14-8(15-4-6)16-7-1-2-13-5-7;/h3-4,7,13H,1-2,5H2,(H,14,15,16);1H/t7-;/m1./s1. The van der Waals surface area contributed by atoms with E-state index in [9.17, 15) is 13.2 Å². The van der Waals surface area contributed by atoms with Crippen LogP contribution in [0.2, 0.25) is 0 Å². The average Bonchev–Trinajstić information content (AvgIpc) is 2.70. The monoisotopic (exact) mass is 268 g/mol. The second-order valence-corrected chi connectivity index (χ2v) is 3.63. The number of anilines is 1. The summed E-state index contributed by atoms with van der Waals surface area (Å²) in [4.78, 5) is 7.28. The first-order valence-corrected chi connectivity index (χ1v) is 4.92. The van der Waals surface area contributed by atoms with Crippen LogP contribution >= 0.6 is 12.4 Å². The molecule has 1 aliphatic heterocycles. The van der Waals surface area contributed by atoms with Crippen molar-refractivity contribution in [1.82, 2.24) is 15.3 Å². The Bertz CT molecular complexity index is 348. The van der Waals surface area contributed by atoms with Crippen molar-refractivity contribution in [1.29, 1.82) is 0 Å². The molecule has 2 rings (SSSR count). The number of nitrogens with one attached hydrogen (secondary N) is 2. The molecule has 0 amide bonds. The molecule has 0 spiro atoms. The fourth-order valence-corrected chi connectivity index (χ4v) is 1.51. The van der Waals surface area contributed by atoms with Gasteiger partial charge in [0.1, 0.15) is 0 Å². The quantitative estimate of drug-likeness (QED) is 0.857. The van der Waals surface area contributed by atoms with E-state index in [1.807, 2.05) is 0 Å². The average molecular weight is 269 g/mol. The minimum absolute atomic E-state index is 0. The van der Waals surface area contributed by atoms with Crippen molar-refractivity contribution in [2.45, 2.75) is 18.6 Å². The van der Waals surface area contributed by atoms with E-state index in [-0.39, 0.29) is 24.4 Å². The molecule has 2 heterocycles. The highest BCUT2D eigenvalue weighted by atomic mass is 35.5. The maximum Gasteiger partial charge on any atom is 0.419 e. The molecule has 0 radical (unpaired) electrons. The molecule has 2 N–H and O–H groups in total. The minimum atomic E-state index is -4.38. The Hall–Kier alpha value is -1.08. The number of halogens is 4. The van der Waals surface area contributed by atoms with E-state index in [2.05, 4.69) is 20.6 Å². The van der Waals surface area contributed by atoms with Crippen LogP contribution in [0, 0.1) is 0 Å². The van der Waals surface area contributed by atoms with E-state index in [0.29, 0.717) is 0 Å². The fraction of sp³-hybridized carbons (Fsp3) is 0.556. The van der Waals surface area contributed by atoms with E-state index in [1.165, 1.54) is 0 Å². The largest absolute Gasteiger partial charge is 0.419 e. The van der Waals surface area contributed by atoms with Crippen LogP contribution in [-0.2, 0) is 6.18 Å². The molecule has 1 atom stereocenters. The summed E-state index contributed by atoms with van der Waals surface area (Å²) in [5.74, 6) is 0.238. The molecule has 1 fully saturated rings. The van der Waals surface area contributed by atoms with Crippen molar-refractivity contribution in [3.05, 3.63) is 18.0 Å². The number of rotatable bonds is 2. The number of alkyl halides is 3. The lowest BCUT2D eigenvalue weighted by molar-refractivity contribution is -0.138. The number of hydrogen-bond acceptors (Lipinski definition) is 4. The first-order chi connectivity index (χ1) is 7.55. The lowest BCUT2D eigenvalue weighted by Gasteiger charge is -2.11. The molecular formula is C9H12ClF3N4. The first-order valence-electron chi connectivity index (χ1n) is 4.92. The fourth-order valence-electron chi connectivity index (χ4n) is 1.51. The van der Waals surface area contributed by atoms with Crippen LogP contribution in [0.1, 0.15) is 12.0 Å². The van der Waals surface area contributed by atoms with Crippen LogP contribution in [0.3, 0.4) is 0 Å². The summed E-state index contributed by atoms with van der Waals surface area (Å²) in [6.45, 7) is 1.68. The Kier molecular flexibility index (Phi) is 4.53. The van der Waals surface area contributed by atoms with E-state index in [4.69, 9.17) is 0 Å². The highest BCUT2D eigenvalue weighted by molar-refractivity contribution is 5.85. The molecule has 96 valence electrons. The second kappa shape index (κ2) is 5.50. The van der Waals surface area contributed by atoms with Gasteiger partial charge in [0.05, 0.1) is 5.56 Å². The summed E-state index contributed by atoms with van der Waals surface area (Å²) in [5.41, 5.74) is -0.831. The number of nitrogens with zero attached hydrogens (tertiary/aromatic N) is 2.